The van der Waals surface area contributed by atoms with Crippen molar-refractivity contribution in [2.45, 2.75) is 19.8 Å². The lowest BCUT2D eigenvalue weighted by Crippen LogP contribution is -2.30. The van der Waals surface area contributed by atoms with Gasteiger partial charge in [0.05, 0.1) is 6.61 Å². The molecule has 0 aromatic carbocycles. The highest BCUT2D eigenvalue weighted by Crippen LogP contribution is 2.02. The van der Waals surface area contributed by atoms with Crippen LogP contribution in [0.15, 0.2) is 11.6 Å². The van der Waals surface area contributed by atoms with Crippen LogP contribution in [0.2, 0.25) is 0 Å². The standard InChI is InChI=1S/C11H20N2O2.ClH/c1-2-15-8-5-11(14)13-9-10-3-6-12-7-4-10;/h3,12H,2,4-9H2,1H3,(H,13,14);1H. The van der Waals surface area contributed by atoms with E-state index in [0.717, 1.165) is 19.5 Å². The van der Waals surface area contributed by atoms with Gasteiger partial charge >= 0.3 is 0 Å². The van der Waals surface area contributed by atoms with Crippen molar-refractivity contribution in [2.75, 3.05) is 32.8 Å². The van der Waals surface area contributed by atoms with Gasteiger partial charge in [0, 0.05) is 26.1 Å². The minimum Gasteiger partial charge on any atom is -0.381 e. The molecule has 5 heteroatoms. The SMILES string of the molecule is CCOCCC(=O)NCC1=CCNCC1.Cl. The summed E-state index contributed by atoms with van der Waals surface area (Å²) >= 11 is 0. The molecular weight excluding hydrogens is 228 g/mol. The van der Waals surface area contributed by atoms with Gasteiger partial charge in [0.25, 0.3) is 0 Å². The molecule has 1 heterocycles. The smallest absolute Gasteiger partial charge is 0.222 e. The van der Waals surface area contributed by atoms with Gasteiger partial charge in [-0.3, -0.25) is 4.79 Å². The average Bonchev–Trinajstić information content (AvgIpc) is 2.28. The normalized spacial score (nSPS) is 14.9. The van der Waals surface area contributed by atoms with E-state index in [9.17, 15) is 4.79 Å². The van der Waals surface area contributed by atoms with E-state index in [4.69, 9.17) is 4.74 Å². The van der Waals surface area contributed by atoms with Crippen molar-refractivity contribution in [3.05, 3.63) is 11.6 Å². The van der Waals surface area contributed by atoms with Crippen molar-refractivity contribution in [2.24, 2.45) is 0 Å². The first kappa shape index (κ1) is 15.4. The Morgan fingerprint density at radius 2 is 2.44 bits per heavy atom. The number of hydrogen-bond donors (Lipinski definition) is 2. The molecule has 0 atom stereocenters. The van der Waals surface area contributed by atoms with E-state index in [0.29, 0.717) is 26.2 Å². The second kappa shape index (κ2) is 9.63. The minimum absolute atomic E-state index is 0. The van der Waals surface area contributed by atoms with Gasteiger partial charge in [-0.1, -0.05) is 11.6 Å². The monoisotopic (exact) mass is 248 g/mol. The van der Waals surface area contributed by atoms with Gasteiger partial charge in [-0.2, -0.15) is 0 Å². The predicted molar refractivity (Wildman–Crippen MR) is 66.9 cm³/mol. The highest BCUT2D eigenvalue weighted by Gasteiger charge is 2.05. The number of rotatable bonds is 6. The van der Waals surface area contributed by atoms with Crippen LogP contribution in [0.3, 0.4) is 0 Å². The fourth-order valence-corrected chi connectivity index (χ4v) is 1.44. The van der Waals surface area contributed by atoms with Gasteiger partial charge in [0.15, 0.2) is 0 Å². The van der Waals surface area contributed by atoms with Crippen molar-refractivity contribution in [1.29, 1.82) is 0 Å². The third kappa shape index (κ3) is 6.82. The van der Waals surface area contributed by atoms with Crippen LogP contribution in [0.4, 0.5) is 0 Å². The molecule has 0 bridgehead atoms. The maximum absolute atomic E-state index is 11.3. The molecule has 1 aliphatic rings. The Morgan fingerprint density at radius 1 is 1.62 bits per heavy atom. The van der Waals surface area contributed by atoms with E-state index in [-0.39, 0.29) is 18.3 Å². The topological polar surface area (TPSA) is 50.4 Å². The van der Waals surface area contributed by atoms with E-state index in [1.807, 2.05) is 6.92 Å². The van der Waals surface area contributed by atoms with Crippen LogP contribution in [-0.2, 0) is 9.53 Å². The summed E-state index contributed by atoms with van der Waals surface area (Å²) in [4.78, 5) is 11.3. The molecule has 0 aromatic rings. The summed E-state index contributed by atoms with van der Waals surface area (Å²) in [6.07, 6.45) is 3.64. The lowest BCUT2D eigenvalue weighted by molar-refractivity contribution is -0.121. The lowest BCUT2D eigenvalue weighted by Gasteiger charge is -2.14. The summed E-state index contributed by atoms with van der Waals surface area (Å²) in [5.74, 6) is 0.0721. The van der Waals surface area contributed by atoms with Gasteiger partial charge in [0.2, 0.25) is 5.91 Å². The molecular formula is C11H21ClN2O2. The summed E-state index contributed by atoms with van der Waals surface area (Å²) in [6.45, 7) is 5.74. The van der Waals surface area contributed by atoms with E-state index in [2.05, 4.69) is 16.7 Å². The van der Waals surface area contributed by atoms with E-state index < -0.39 is 0 Å². The number of nitrogens with one attached hydrogen (secondary N) is 2. The molecule has 4 nitrogen and oxygen atoms in total. The van der Waals surface area contributed by atoms with Gasteiger partial charge < -0.3 is 15.4 Å². The molecule has 0 saturated heterocycles. The molecule has 2 N–H and O–H groups in total. The largest absolute Gasteiger partial charge is 0.381 e. The quantitative estimate of drug-likeness (QED) is 0.542. The molecule has 0 unspecified atom stereocenters. The number of carbonyl (C=O) groups excluding carboxylic acids is 1. The number of carbonyl (C=O) groups is 1. The molecule has 0 saturated carbocycles. The average molecular weight is 249 g/mol. The zero-order valence-electron chi connectivity index (χ0n) is 9.75. The van der Waals surface area contributed by atoms with Crippen LogP contribution in [0.5, 0.6) is 0 Å². The Kier molecular flexibility index (Phi) is 9.28. The summed E-state index contributed by atoms with van der Waals surface area (Å²) < 4.78 is 5.11. The zero-order chi connectivity index (χ0) is 10.9. The fourth-order valence-electron chi connectivity index (χ4n) is 1.44. The van der Waals surface area contributed by atoms with Crippen molar-refractivity contribution >= 4 is 18.3 Å². The highest BCUT2D eigenvalue weighted by atomic mass is 35.5. The Bertz CT molecular complexity index is 232. The third-order valence-corrected chi connectivity index (χ3v) is 2.35. The van der Waals surface area contributed by atoms with Crippen molar-refractivity contribution in [1.82, 2.24) is 10.6 Å². The first-order chi connectivity index (χ1) is 7.33. The molecule has 0 spiro atoms. The maximum Gasteiger partial charge on any atom is 0.222 e. The molecule has 16 heavy (non-hydrogen) atoms. The molecule has 1 amide bonds. The summed E-state index contributed by atoms with van der Waals surface area (Å²) in [7, 11) is 0. The van der Waals surface area contributed by atoms with Crippen molar-refractivity contribution in [3.8, 4) is 0 Å². The van der Waals surface area contributed by atoms with Crippen LogP contribution in [0, 0.1) is 0 Å². The number of halogens is 1. The summed E-state index contributed by atoms with van der Waals surface area (Å²) in [6, 6.07) is 0. The molecule has 94 valence electrons. The van der Waals surface area contributed by atoms with Crippen molar-refractivity contribution in [3.63, 3.8) is 0 Å². The van der Waals surface area contributed by atoms with E-state index in [1.54, 1.807) is 0 Å². The fraction of sp³-hybridized carbons (Fsp3) is 0.727. The summed E-state index contributed by atoms with van der Waals surface area (Å²) in [5, 5.41) is 6.13. The van der Waals surface area contributed by atoms with Gasteiger partial charge in [-0.05, 0) is 19.9 Å². The lowest BCUT2D eigenvalue weighted by atomic mass is 10.1. The molecule has 1 aliphatic heterocycles. The number of amides is 1. The van der Waals surface area contributed by atoms with Gasteiger partial charge in [0.1, 0.15) is 0 Å². The Labute approximate surface area is 103 Å². The van der Waals surface area contributed by atoms with E-state index in [1.165, 1.54) is 5.57 Å². The highest BCUT2D eigenvalue weighted by molar-refractivity contribution is 5.85. The second-order valence-electron chi connectivity index (χ2n) is 3.54. The van der Waals surface area contributed by atoms with Crippen molar-refractivity contribution < 1.29 is 9.53 Å². The van der Waals surface area contributed by atoms with Crippen LogP contribution < -0.4 is 10.6 Å². The first-order valence-electron chi connectivity index (χ1n) is 5.56. The maximum atomic E-state index is 11.3. The van der Waals surface area contributed by atoms with Gasteiger partial charge in [-0.15, -0.1) is 12.4 Å². The Balaban J connectivity index is 0.00000225. The Hall–Kier alpha value is -0.580. The van der Waals surface area contributed by atoms with Crippen LogP contribution in [-0.4, -0.2) is 38.8 Å². The molecule has 0 fully saturated rings. The first-order valence-corrected chi connectivity index (χ1v) is 5.56. The zero-order valence-corrected chi connectivity index (χ0v) is 10.6. The summed E-state index contributed by atoms with van der Waals surface area (Å²) in [5.41, 5.74) is 1.32. The minimum atomic E-state index is 0. The molecule has 1 rings (SSSR count). The molecule has 0 aromatic heterocycles. The Morgan fingerprint density at radius 3 is 3.06 bits per heavy atom. The number of hydrogen-bond acceptors (Lipinski definition) is 3. The molecule has 0 radical (unpaired) electrons. The second-order valence-corrected chi connectivity index (χ2v) is 3.54. The third-order valence-electron chi connectivity index (χ3n) is 2.35. The number of ether oxygens (including phenoxy) is 1. The molecule has 0 aliphatic carbocycles. The van der Waals surface area contributed by atoms with Crippen LogP contribution >= 0.6 is 12.4 Å². The van der Waals surface area contributed by atoms with Crippen LogP contribution in [0.25, 0.3) is 0 Å². The van der Waals surface area contributed by atoms with E-state index >= 15 is 0 Å². The predicted octanol–water partition coefficient (Wildman–Crippen LogP) is 0.871. The van der Waals surface area contributed by atoms with Crippen LogP contribution in [0.1, 0.15) is 19.8 Å². The van der Waals surface area contributed by atoms with Gasteiger partial charge in [-0.25, -0.2) is 0 Å².